The molecule has 0 fully saturated rings. The molecule has 0 aliphatic rings. The van der Waals surface area contributed by atoms with Gasteiger partial charge in [-0.15, -0.1) is 0 Å². The second-order valence-corrected chi connectivity index (χ2v) is 5.64. The van der Waals surface area contributed by atoms with E-state index in [1.54, 1.807) is 0 Å². The summed E-state index contributed by atoms with van der Waals surface area (Å²) in [6, 6.07) is 11.1. The second kappa shape index (κ2) is 8.43. The fraction of sp³-hybridized carbons (Fsp3) is 0.667. The minimum absolute atomic E-state index is 0.248. The predicted molar refractivity (Wildman–Crippen MR) is 88.8 cm³/mol. The number of likely N-dealkylation sites (N-methyl/N-ethyl adjacent to an activating group) is 1. The molecule has 2 N–H and O–H groups in total. The summed E-state index contributed by atoms with van der Waals surface area (Å²) in [6.45, 7) is 11.1. The maximum absolute atomic E-state index is 6.91. The van der Waals surface area contributed by atoms with Crippen LogP contribution < -0.4 is 5.73 Å². The minimum atomic E-state index is -0.248. The molecule has 1 rings (SSSR count). The zero-order valence-corrected chi connectivity index (χ0v) is 13.7. The van der Waals surface area contributed by atoms with Crippen molar-refractivity contribution in [2.75, 3.05) is 13.1 Å². The highest BCUT2D eigenvalue weighted by atomic mass is 15.2. The Hall–Kier alpha value is -0.860. The molecule has 0 saturated heterocycles. The Morgan fingerprint density at radius 2 is 1.65 bits per heavy atom. The van der Waals surface area contributed by atoms with Crippen molar-refractivity contribution in [2.24, 2.45) is 5.73 Å². The number of hydrogen-bond donors (Lipinski definition) is 1. The highest BCUT2D eigenvalue weighted by Crippen LogP contribution is 2.32. The van der Waals surface area contributed by atoms with Crippen molar-refractivity contribution >= 4 is 0 Å². The van der Waals surface area contributed by atoms with Crippen molar-refractivity contribution in [3.63, 3.8) is 0 Å². The fourth-order valence-electron chi connectivity index (χ4n) is 3.21. The van der Waals surface area contributed by atoms with E-state index >= 15 is 0 Å². The van der Waals surface area contributed by atoms with E-state index in [1.165, 1.54) is 24.8 Å². The zero-order valence-electron chi connectivity index (χ0n) is 13.7. The SMILES string of the molecule is CCCCC(N(CC)CC)C(N)(CC)c1ccccc1. The van der Waals surface area contributed by atoms with E-state index in [2.05, 4.69) is 62.9 Å². The number of rotatable bonds is 9. The van der Waals surface area contributed by atoms with E-state index in [0.29, 0.717) is 6.04 Å². The normalized spacial score (nSPS) is 16.1. The van der Waals surface area contributed by atoms with Gasteiger partial charge in [0.05, 0.1) is 5.54 Å². The first kappa shape index (κ1) is 17.2. The molecule has 0 saturated carbocycles. The van der Waals surface area contributed by atoms with Crippen molar-refractivity contribution in [1.82, 2.24) is 4.90 Å². The van der Waals surface area contributed by atoms with Crippen LogP contribution >= 0.6 is 0 Å². The second-order valence-electron chi connectivity index (χ2n) is 5.64. The lowest BCUT2D eigenvalue weighted by molar-refractivity contribution is 0.114. The lowest BCUT2D eigenvalue weighted by atomic mass is 9.78. The first-order chi connectivity index (χ1) is 9.63. The van der Waals surface area contributed by atoms with Gasteiger partial charge in [-0.3, -0.25) is 4.90 Å². The van der Waals surface area contributed by atoms with Crippen molar-refractivity contribution in [3.8, 4) is 0 Å². The smallest absolute Gasteiger partial charge is 0.0564 e. The largest absolute Gasteiger partial charge is 0.320 e. The Labute approximate surface area is 125 Å². The van der Waals surface area contributed by atoms with Gasteiger partial charge in [0.2, 0.25) is 0 Å². The average Bonchev–Trinajstić information content (AvgIpc) is 2.51. The van der Waals surface area contributed by atoms with E-state index in [4.69, 9.17) is 5.73 Å². The van der Waals surface area contributed by atoms with E-state index in [1.807, 2.05) is 0 Å². The van der Waals surface area contributed by atoms with Crippen LogP contribution in [0.2, 0.25) is 0 Å². The molecule has 2 heteroatoms. The quantitative estimate of drug-likeness (QED) is 0.734. The van der Waals surface area contributed by atoms with E-state index in [0.717, 1.165) is 19.5 Å². The van der Waals surface area contributed by atoms with Crippen molar-refractivity contribution in [1.29, 1.82) is 0 Å². The molecular weight excluding hydrogens is 244 g/mol. The monoisotopic (exact) mass is 276 g/mol. The van der Waals surface area contributed by atoms with Crippen LogP contribution in [0.1, 0.15) is 58.9 Å². The third-order valence-corrected chi connectivity index (χ3v) is 4.58. The lowest BCUT2D eigenvalue weighted by Crippen LogP contribution is -2.56. The topological polar surface area (TPSA) is 29.3 Å². The van der Waals surface area contributed by atoms with Crippen LogP contribution in [0.15, 0.2) is 30.3 Å². The third kappa shape index (κ3) is 3.83. The van der Waals surface area contributed by atoms with Gasteiger partial charge in [0.1, 0.15) is 0 Å². The Balaban J connectivity index is 3.11. The molecular formula is C18H32N2. The zero-order chi connectivity index (χ0) is 15.0. The minimum Gasteiger partial charge on any atom is -0.320 e. The summed E-state index contributed by atoms with van der Waals surface area (Å²) < 4.78 is 0. The molecule has 0 aromatic heterocycles. The molecule has 20 heavy (non-hydrogen) atoms. The van der Waals surface area contributed by atoms with Gasteiger partial charge in [0.25, 0.3) is 0 Å². The number of nitrogens with zero attached hydrogens (tertiary/aromatic N) is 1. The van der Waals surface area contributed by atoms with Crippen molar-refractivity contribution in [3.05, 3.63) is 35.9 Å². The van der Waals surface area contributed by atoms with Crippen LogP contribution in [0, 0.1) is 0 Å². The molecule has 0 aliphatic carbocycles. The molecule has 1 aromatic rings. The van der Waals surface area contributed by atoms with Gasteiger partial charge in [0.15, 0.2) is 0 Å². The lowest BCUT2D eigenvalue weighted by Gasteiger charge is -2.44. The van der Waals surface area contributed by atoms with E-state index in [9.17, 15) is 0 Å². The predicted octanol–water partition coefficient (Wildman–Crippen LogP) is 4.15. The molecule has 0 bridgehead atoms. The Bertz CT molecular complexity index is 359. The summed E-state index contributed by atoms with van der Waals surface area (Å²) in [5.41, 5.74) is 7.94. The summed E-state index contributed by atoms with van der Waals surface area (Å²) in [6.07, 6.45) is 4.62. The van der Waals surface area contributed by atoms with Gasteiger partial charge in [-0.25, -0.2) is 0 Å². The maximum Gasteiger partial charge on any atom is 0.0564 e. The van der Waals surface area contributed by atoms with Crippen LogP contribution in [0.4, 0.5) is 0 Å². The molecule has 2 unspecified atom stereocenters. The first-order valence-corrected chi connectivity index (χ1v) is 8.22. The van der Waals surface area contributed by atoms with E-state index < -0.39 is 0 Å². The highest BCUT2D eigenvalue weighted by molar-refractivity contribution is 5.26. The van der Waals surface area contributed by atoms with E-state index in [-0.39, 0.29) is 5.54 Å². The van der Waals surface area contributed by atoms with Crippen LogP contribution in [-0.2, 0) is 5.54 Å². The molecule has 0 aliphatic heterocycles. The molecule has 0 spiro atoms. The van der Waals surface area contributed by atoms with Crippen molar-refractivity contribution < 1.29 is 0 Å². The van der Waals surface area contributed by atoms with Crippen LogP contribution in [0.25, 0.3) is 0 Å². The van der Waals surface area contributed by atoms with Gasteiger partial charge in [-0.05, 0) is 31.5 Å². The summed E-state index contributed by atoms with van der Waals surface area (Å²) in [5.74, 6) is 0. The van der Waals surface area contributed by atoms with Gasteiger partial charge in [-0.2, -0.15) is 0 Å². The summed E-state index contributed by atoms with van der Waals surface area (Å²) >= 11 is 0. The number of benzene rings is 1. The Morgan fingerprint density at radius 3 is 2.10 bits per heavy atom. The molecule has 0 heterocycles. The van der Waals surface area contributed by atoms with Gasteiger partial charge in [-0.1, -0.05) is 70.9 Å². The summed E-state index contributed by atoms with van der Waals surface area (Å²) in [4.78, 5) is 2.53. The molecule has 2 nitrogen and oxygen atoms in total. The van der Waals surface area contributed by atoms with Gasteiger partial charge < -0.3 is 5.73 Å². The molecule has 2 atom stereocenters. The van der Waals surface area contributed by atoms with Gasteiger partial charge in [0, 0.05) is 6.04 Å². The highest BCUT2D eigenvalue weighted by Gasteiger charge is 2.37. The first-order valence-electron chi connectivity index (χ1n) is 8.22. The Kier molecular flexibility index (Phi) is 7.25. The molecule has 114 valence electrons. The molecule has 1 aromatic carbocycles. The van der Waals surface area contributed by atoms with Gasteiger partial charge >= 0.3 is 0 Å². The average molecular weight is 276 g/mol. The standard InChI is InChI=1S/C18H32N2/c1-5-9-15-17(20(7-3)8-4)18(19,6-2)16-13-11-10-12-14-16/h10-14,17H,5-9,15,19H2,1-4H3. The Morgan fingerprint density at radius 1 is 1.05 bits per heavy atom. The number of nitrogens with two attached hydrogens (primary N) is 1. The molecule has 0 amide bonds. The number of unbranched alkanes of at least 4 members (excludes halogenated alkanes) is 1. The summed E-state index contributed by atoms with van der Waals surface area (Å²) in [5, 5.41) is 0. The number of hydrogen-bond acceptors (Lipinski definition) is 2. The maximum atomic E-state index is 6.91. The summed E-state index contributed by atoms with van der Waals surface area (Å²) in [7, 11) is 0. The molecule has 0 radical (unpaired) electrons. The van der Waals surface area contributed by atoms with Crippen LogP contribution in [0.3, 0.4) is 0 Å². The van der Waals surface area contributed by atoms with Crippen LogP contribution in [0.5, 0.6) is 0 Å². The fourth-order valence-corrected chi connectivity index (χ4v) is 3.21. The van der Waals surface area contributed by atoms with Crippen LogP contribution in [-0.4, -0.2) is 24.0 Å². The third-order valence-electron chi connectivity index (χ3n) is 4.58. The van der Waals surface area contributed by atoms with Crippen molar-refractivity contribution in [2.45, 2.75) is 65.0 Å².